The minimum atomic E-state index is -0.319. The fourth-order valence-corrected chi connectivity index (χ4v) is 2.69. The van der Waals surface area contributed by atoms with Crippen molar-refractivity contribution >= 4 is 11.6 Å². The molecule has 3 N–H and O–H groups in total. The maximum atomic E-state index is 9.68. The Morgan fingerprint density at radius 2 is 1.80 bits per heavy atom. The van der Waals surface area contributed by atoms with E-state index in [2.05, 4.69) is 0 Å². The van der Waals surface area contributed by atoms with Crippen molar-refractivity contribution < 1.29 is 20.1 Å². The molecular weight excluding hydrogens is 280 g/mol. The highest BCUT2D eigenvalue weighted by atomic mass is 35.5. The van der Waals surface area contributed by atoms with Gasteiger partial charge in [-0.1, -0.05) is 23.7 Å². The van der Waals surface area contributed by atoms with Gasteiger partial charge in [0.1, 0.15) is 11.5 Å². The fourth-order valence-electron chi connectivity index (χ4n) is 2.42. The summed E-state index contributed by atoms with van der Waals surface area (Å²) in [4.78, 5) is 0. The van der Waals surface area contributed by atoms with E-state index in [1.807, 2.05) is 12.1 Å². The first-order valence-electron chi connectivity index (χ1n) is 6.21. The Bertz CT molecular complexity index is 652. The van der Waals surface area contributed by atoms with Crippen LogP contribution in [0.2, 0.25) is 5.02 Å². The van der Waals surface area contributed by atoms with Crippen molar-refractivity contribution in [1.82, 2.24) is 0 Å². The summed E-state index contributed by atoms with van der Waals surface area (Å²) < 4.78 is 5.62. The second-order valence-electron chi connectivity index (χ2n) is 4.84. The van der Waals surface area contributed by atoms with E-state index in [0.29, 0.717) is 24.3 Å². The molecule has 4 nitrogen and oxygen atoms in total. The van der Waals surface area contributed by atoms with Crippen LogP contribution in [0.1, 0.15) is 17.0 Å². The minimum Gasteiger partial charge on any atom is -0.508 e. The van der Waals surface area contributed by atoms with Crippen molar-refractivity contribution in [2.24, 2.45) is 0 Å². The van der Waals surface area contributed by atoms with Crippen LogP contribution in [0.3, 0.4) is 0 Å². The van der Waals surface area contributed by atoms with Crippen molar-refractivity contribution in [2.75, 3.05) is 6.61 Å². The molecule has 0 saturated heterocycles. The molecule has 0 spiro atoms. The lowest BCUT2D eigenvalue weighted by Crippen LogP contribution is -2.19. The molecular formula is C15H13ClO4. The van der Waals surface area contributed by atoms with Crippen molar-refractivity contribution in [3.8, 4) is 23.0 Å². The molecule has 2 aromatic rings. The summed E-state index contributed by atoms with van der Waals surface area (Å²) in [5, 5.41) is 28.7. The number of hydrogen-bond donors (Lipinski definition) is 3. The van der Waals surface area contributed by atoms with Gasteiger partial charge < -0.3 is 20.1 Å². The zero-order valence-corrected chi connectivity index (χ0v) is 11.3. The molecule has 2 aromatic carbocycles. The van der Waals surface area contributed by atoms with Gasteiger partial charge in [0.25, 0.3) is 0 Å². The molecule has 0 bridgehead atoms. The van der Waals surface area contributed by atoms with Gasteiger partial charge in [0.05, 0.1) is 11.6 Å². The summed E-state index contributed by atoms with van der Waals surface area (Å²) in [6, 6.07) is 8.30. The molecule has 104 valence electrons. The molecule has 20 heavy (non-hydrogen) atoms. The number of phenolic OH excluding ortho intramolecular Hbond substituents is 3. The van der Waals surface area contributed by atoms with Gasteiger partial charge in [0.2, 0.25) is 0 Å². The Kier molecular flexibility index (Phi) is 3.10. The fraction of sp³-hybridized carbons (Fsp3) is 0.200. The lowest BCUT2D eigenvalue weighted by atomic mass is 9.90. The van der Waals surface area contributed by atoms with E-state index in [4.69, 9.17) is 16.3 Å². The third kappa shape index (κ3) is 2.12. The molecule has 0 fully saturated rings. The van der Waals surface area contributed by atoms with E-state index in [0.717, 1.165) is 5.56 Å². The predicted molar refractivity (Wildman–Crippen MR) is 74.8 cm³/mol. The standard InChI is InChI=1S/C15H13ClO4/c16-14-11-5-9(8-1-3-10(17)4-2-8)7-20-13(11)6-12(18)15(14)19/h1-4,6,9,17-19H,5,7H2. The monoisotopic (exact) mass is 292 g/mol. The van der Waals surface area contributed by atoms with E-state index in [-0.39, 0.29) is 28.2 Å². The number of halogens is 1. The highest BCUT2D eigenvalue weighted by Gasteiger charge is 2.26. The van der Waals surface area contributed by atoms with E-state index in [9.17, 15) is 15.3 Å². The number of fused-ring (bicyclic) bond motifs is 1. The lowest BCUT2D eigenvalue weighted by molar-refractivity contribution is 0.260. The number of aromatic hydroxyl groups is 3. The van der Waals surface area contributed by atoms with E-state index < -0.39 is 0 Å². The molecule has 1 aliphatic rings. The molecule has 3 rings (SSSR count). The van der Waals surface area contributed by atoms with Gasteiger partial charge in [-0.3, -0.25) is 0 Å². The van der Waals surface area contributed by atoms with E-state index >= 15 is 0 Å². The van der Waals surface area contributed by atoms with Crippen LogP contribution in [-0.2, 0) is 6.42 Å². The second kappa shape index (κ2) is 4.80. The Morgan fingerprint density at radius 1 is 1.10 bits per heavy atom. The largest absolute Gasteiger partial charge is 0.508 e. The van der Waals surface area contributed by atoms with Gasteiger partial charge in [-0.05, 0) is 24.1 Å². The summed E-state index contributed by atoms with van der Waals surface area (Å²) in [5.41, 5.74) is 1.71. The Hall–Kier alpha value is -2.07. The van der Waals surface area contributed by atoms with Crippen molar-refractivity contribution in [3.05, 3.63) is 46.5 Å². The number of rotatable bonds is 1. The smallest absolute Gasteiger partial charge is 0.177 e. The average Bonchev–Trinajstić information content (AvgIpc) is 2.46. The molecule has 0 aromatic heterocycles. The zero-order valence-electron chi connectivity index (χ0n) is 10.5. The number of benzene rings is 2. The van der Waals surface area contributed by atoms with Crippen LogP contribution in [0.4, 0.5) is 0 Å². The highest BCUT2D eigenvalue weighted by Crippen LogP contribution is 2.45. The first-order chi connectivity index (χ1) is 9.56. The van der Waals surface area contributed by atoms with Crippen LogP contribution < -0.4 is 4.74 Å². The molecule has 0 radical (unpaired) electrons. The Balaban J connectivity index is 1.95. The predicted octanol–water partition coefficient (Wildman–Crippen LogP) is 3.18. The second-order valence-corrected chi connectivity index (χ2v) is 5.22. The van der Waals surface area contributed by atoms with Crippen molar-refractivity contribution in [1.29, 1.82) is 0 Å². The van der Waals surface area contributed by atoms with Crippen LogP contribution >= 0.6 is 11.6 Å². The minimum absolute atomic E-state index is 0.0875. The van der Waals surface area contributed by atoms with Gasteiger partial charge in [0, 0.05) is 17.5 Å². The first-order valence-corrected chi connectivity index (χ1v) is 6.59. The summed E-state index contributed by atoms with van der Waals surface area (Å²) in [5.74, 6) is 0.202. The molecule has 5 heteroatoms. The SMILES string of the molecule is Oc1ccc(C2COc3cc(O)c(O)c(Cl)c3C2)cc1. The van der Waals surface area contributed by atoms with Crippen LogP contribution in [-0.4, -0.2) is 21.9 Å². The Labute approximate surface area is 120 Å². The van der Waals surface area contributed by atoms with Gasteiger partial charge in [-0.15, -0.1) is 0 Å². The molecule has 0 aliphatic carbocycles. The van der Waals surface area contributed by atoms with Crippen LogP contribution in [0.5, 0.6) is 23.0 Å². The van der Waals surface area contributed by atoms with Crippen molar-refractivity contribution in [3.63, 3.8) is 0 Å². The molecule has 1 heterocycles. The maximum absolute atomic E-state index is 9.68. The number of hydrogen-bond acceptors (Lipinski definition) is 4. The summed E-state index contributed by atoms with van der Waals surface area (Å²) in [6.07, 6.45) is 0.604. The normalized spacial score (nSPS) is 17.4. The van der Waals surface area contributed by atoms with Gasteiger partial charge in [0.15, 0.2) is 11.5 Å². The third-order valence-corrected chi connectivity index (χ3v) is 3.94. The quantitative estimate of drug-likeness (QED) is 0.706. The van der Waals surface area contributed by atoms with Crippen LogP contribution in [0, 0.1) is 0 Å². The molecule has 1 atom stereocenters. The topological polar surface area (TPSA) is 69.9 Å². The highest BCUT2D eigenvalue weighted by molar-refractivity contribution is 6.33. The van der Waals surface area contributed by atoms with Crippen LogP contribution in [0.25, 0.3) is 0 Å². The summed E-state index contributed by atoms with van der Waals surface area (Å²) in [6.45, 7) is 0.457. The Morgan fingerprint density at radius 3 is 2.50 bits per heavy atom. The maximum Gasteiger partial charge on any atom is 0.177 e. The zero-order chi connectivity index (χ0) is 14.3. The molecule has 0 saturated carbocycles. The number of phenols is 3. The van der Waals surface area contributed by atoms with E-state index in [1.165, 1.54) is 6.07 Å². The van der Waals surface area contributed by atoms with Gasteiger partial charge >= 0.3 is 0 Å². The molecule has 0 amide bonds. The lowest BCUT2D eigenvalue weighted by Gasteiger charge is -2.27. The number of ether oxygens (including phenoxy) is 1. The first kappa shape index (κ1) is 12.9. The van der Waals surface area contributed by atoms with Gasteiger partial charge in [-0.2, -0.15) is 0 Å². The third-order valence-electron chi connectivity index (χ3n) is 3.54. The van der Waals surface area contributed by atoms with E-state index in [1.54, 1.807) is 12.1 Å². The van der Waals surface area contributed by atoms with Crippen molar-refractivity contribution in [2.45, 2.75) is 12.3 Å². The summed E-state index contributed by atoms with van der Waals surface area (Å²) in [7, 11) is 0. The average molecular weight is 293 g/mol. The van der Waals surface area contributed by atoms with Gasteiger partial charge in [-0.25, -0.2) is 0 Å². The van der Waals surface area contributed by atoms with Crippen LogP contribution in [0.15, 0.2) is 30.3 Å². The molecule has 1 unspecified atom stereocenters. The molecule has 1 aliphatic heterocycles. The summed E-state index contributed by atoms with van der Waals surface area (Å²) >= 11 is 6.06.